The van der Waals surface area contributed by atoms with Crippen LogP contribution in [-0.2, 0) is 14.7 Å². The molecule has 1 N–H and O–H groups in total. The zero-order chi connectivity index (χ0) is 7.61. The molecule has 60 valence electrons. The Kier molecular flexibility index (Phi) is 2.28. The van der Waals surface area contributed by atoms with E-state index in [9.17, 15) is 8.42 Å². The molecule has 10 heavy (non-hydrogen) atoms. The largest absolute Gasteiger partial charge is 0.305 e. The number of hydrogen-bond acceptors (Lipinski definition) is 4. The molecule has 0 radical (unpaired) electrons. The summed E-state index contributed by atoms with van der Waals surface area (Å²) in [6.45, 7) is 0. The first-order valence-electron chi connectivity index (χ1n) is 3.13. The smallest absolute Gasteiger partial charge is 0.151 e. The molecular weight excluding hydrogens is 154 g/mol. The summed E-state index contributed by atoms with van der Waals surface area (Å²) >= 11 is 0. The average molecular weight is 165 g/mol. The molecule has 5 heteroatoms. The van der Waals surface area contributed by atoms with E-state index in [1.165, 1.54) is 7.11 Å². The highest BCUT2D eigenvalue weighted by Gasteiger charge is 2.27. The van der Waals surface area contributed by atoms with Crippen LogP contribution in [0.15, 0.2) is 0 Å². The second kappa shape index (κ2) is 2.86. The lowest BCUT2D eigenvalue weighted by atomic mass is 10.3. The van der Waals surface area contributed by atoms with E-state index in [1.54, 1.807) is 0 Å². The fraction of sp³-hybridized carbons (Fsp3) is 1.00. The Morgan fingerprint density at radius 3 is 2.70 bits per heavy atom. The third-order valence-corrected chi connectivity index (χ3v) is 3.28. The van der Waals surface area contributed by atoms with Crippen molar-refractivity contribution in [2.45, 2.75) is 12.5 Å². The molecule has 1 unspecified atom stereocenters. The lowest BCUT2D eigenvalue weighted by Gasteiger charge is -2.05. The third kappa shape index (κ3) is 1.93. The second-order valence-electron chi connectivity index (χ2n) is 2.42. The van der Waals surface area contributed by atoms with E-state index in [4.69, 9.17) is 0 Å². The molecule has 0 aromatic carbocycles. The number of sulfone groups is 1. The molecule has 1 aliphatic rings. The van der Waals surface area contributed by atoms with Gasteiger partial charge in [0.15, 0.2) is 9.84 Å². The maximum atomic E-state index is 10.8. The van der Waals surface area contributed by atoms with E-state index in [-0.39, 0.29) is 17.5 Å². The van der Waals surface area contributed by atoms with Gasteiger partial charge in [0.05, 0.1) is 18.6 Å². The maximum absolute atomic E-state index is 10.8. The van der Waals surface area contributed by atoms with E-state index >= 15 is 0 Å². The van der Waals surface area contributed by atoms with Crippen LogP contribution in [0.5, 0.6) is 0 Å². The summed E-state index contributed by atoms with van der Waals surface area (Å²) in [5.74, 6) is 0.495. The molecule has 1 atom stereocenters. The van der Waals surface area contributed by atoms with Crippen LogP contribution in [-0.4, -0.2) is 33.1 Å². The molecule has 1 heterocycles. The van der Waals surface area contributed by atoms with Crippen molar-refractivity contribution in [3.8, 4) is 0 Å². The molecule has 1 aliphatic heterocycles. The minimum atomic E-state index is -2.76. The van der Waals surface area contributed by atoms with Gasteiger partial charge in [-0.2, -0.15) is 5.48 Å². The molecule has 1 fully saturated rings. The van der Waals surface area contributed by atoms with Gasteiger partial charge >= 0.3 is 0 Å². The predicted octanol–water partition coefficient (Wildman–Crippen LogP) is -0.675. The summed E-state index contributed by atoms with van der Waals surface area (Å²) < 4.78 is 21.6. The minimum absolute atomic E-state index is 0.00463. The Balaban J connectivity index is 2.44. The molecule has 0 aromatic rings. The van der Waals surface area contributed by atoms with E-state index in [0.29, 0.717) is 6.42 Å². The van der Waals surface area contributed by atoms with Gasteiger partial charge in [0.1, 0.15) is 0 Å². The SMILES string of the molecule is CONC1CCS(=O)(=O)C1. The van der Waals surface area contributed by atoms with Gasteiger partial charge in [-0.15, -0.1) is 0 Å². The standard InChI is InChI=1S/C5H11NO3S/c1-9-6-5-2-3-10(7,8)4-5/h5-6H,2-4H2,1H3. The molecule has 1 saturated heterocycles. The van der Waals surface area contributed by atoms with Gasteiger partial charge in [-0.25, -0.2) is 8.42 Å². The van der Waals surface area contributed by atoms with Crippen molar-refractivity contribution in [2.75, 3.05) is 18.6 Å². The van der Waals surface area contributed by atoms with Crippen molar-refractivity contribution in [3.05, 3.63) is 0 Å². The third-order valence-electron chi connectivity index (χ3n) is 1.52. The van der Waals surface area contributed by atoms with Gasteiger partial charge in [-0.05, 0) is 6.42 Å². The van der Waals surface area contributed by atoms with Crippen molar-refractivity contribution in [1.29, 1.82) is 0 Å². The van der Waals surface area contributed by atoms with Gasteiger partial charge in [-0.1, -0.05) is 0 Å². The topological polar surface area (TPSA) is 55.4 Å². The highest BCUT2D eigenvalue weighted by Crippen LogP contribution is 2.10. The van der Waals surface area contributed by atoms with E-state index < -0.39 is 9.84 Å². The maximum Gasteiger partial charge on any atom is 0.151 e. The van der Waals surface area contributed by atoms with Crippen molar-refractivity contribution in [3.63, 3.8) is 0 Å². The summed E-state index contributed by atoms with van der Waals surface area (Å²) in [6.07, 6.45) is 0.663. The molecule has 0 saturated carbocycles. The van der Waals surface area contributed by atoms with Crippen LogP contribution in [0.2, 0.25) is 0 Å². The Morgan fingerprint density at radius 2 is 2.30 bits per heavy atom. The van der Waals surface area contributed by atoms with Crippen LogP contribution in [0.25, 0.3) is 0 Å². The molecule has 1 rings (SSSR count). The quantitative estimate of drug-likeness (QED) is 0.551. The number of nitrogens with one attached hydrogen (secondary N) is 1. The number of hydrogen-bond donors (Lipinski definition) is 1. The summed E-state index contributed by atoms with van der Waals surface area (Å²) in [7, 11) is -1.27. The predicted molar refractivity (Wildman–Crippen MR) is 37.2 cm³/mol. The Bertz CT molecular complexity index is 199. The summed E-state index contributed by atoms with van der Waals surface area (Å²) in [5, 5.41) is 0. The first-order chi connectivity index (χ1) is 4.64. The Hall–Kier alpha value is -0.130. The molecule has 0 bridgehead atoms. The molecule has 0 aliphatic carbocycles. The molecule has 4 nitrogen and oxygen atoms in total. The molecule has 0 amide bonds. The highest BCUT2D eigenvalue weighted by atomic mass is 32.2. The first-order valence-corrected chi connectivity index (χ1v) is 4.95. The van der Waals surface area contributed by atoms with E-state index in [0.717, 1.165) is 0 Å². The van der Waals surface area contributed by atoms with Crippen molar-refractivity contribution >= 4 is 9.84 Å². The monoisotopic (exact) mass is 165 g/mol. The Morgan fingerprint density at radius 1 is 1.60 bits per heavy atom. The minimum Gasteiger partial charge on any atom is -0.305 e. The number of hydroxylamine groups is 1. The second-order valence-corrected chi connectivity index (χ2v) is 4.65. The van der Waals surface area contributed by atoms with Crippen LogP contribution in [0.4, 0.5) is 0 Å². The molecule has 0 spiro atoms. The van der Waals surface area contributed by atoms with E-state index in [2.05, 4.69) is 10.3 Å². The molecular formula is C5H11NO3S. The van der Waals surface area contributed by atoms with Gasteiger partial charge < -0.3 is 4.84 Å². The van der Waals surface area contributed by atoms with Gasteiger partial charge in [0.25, 0.3) is 0 Å². The number of rotatable bonds is 2. The van der Waals surface area contributed by atoms with E-state index in [1.807, 2.05) is 0 Å². The van der Waals surface area contributed by atoms with Crippen molar-refractivity contribution in [1.82, 2.24) is 5.48 Å². The summed E-state index contributed by atoms with van der Waals surface area (Å²) in [6, 6.07) is -0.00463. The van der Waals surface area contributed by atoms with Crippen LogP contribution in [0.3, 0.4) is 0 Å². The highest BCUT2D eigenvalue weighted by molar-refractivity contribution is 7.91. The van der Waals surface area contributed by atoms with Crippen LogP contribution in [0, 0.1) is 0 Å². The van der Waals surface area contributed by atoms with Crippen LogP contribution >= 0.6 is 0 Å². The van der Waals surface area contributed by atoms with Crippen molar-refractivity contribution < 1.29 is 13.3 Å². The average Bonchev–Trinajstić information content (AvgIpc) is 2.12. The summed E-state index contributed by atoms with van der Waals surface area (Å²) in [4.78, 5) is 4.60. The Labute approximate surface area is 60.4 Å². The first kappa shape index (κ1) is 7.97. The lowest BCUT2D eigenvalue weighted by Crippen LogP contribution is -2.28. The zero-order valence-electron chi connectivity index (χ0n) is 5.83. The lowest BCUT2D eigenvalue weighted by molar-refractivity contribution is 0.0680. The van der Waals surface area contributed by atoms with Gasteiger partial charge in [0.2, 0.25) is 0 Å². The van der Waals surface area contributed by atoms with Crippen molar-refractivity contribution in [2.24, 2.45) is 0 Å². The van der Waals surface area contributed by atoms with Crippen LogP contribution < -0.4 is 5.48 Å². The zero-order valence-corrected chi connectivity index (χ0v) is 6.65. The fourth-order valence-corrected chi connectivity index (χ4v) is 2.71. The van der Waals surface area contributed by atoms with Gasteiger partial charge in [0, 0.05) is 6.04 Å². The normalized spacial score (nSPS) is 30.7. The van der Waals surface area contributed by atoms with Crippen LogP contribution in [0.1, 0.15) is 6.42 Å². The fourth-order valence-electron chi connectivity index (χ4n) is 1.05. The van der Waals surface area contributed by atoms with Gasteiger partial charge in [-0.3, -0.25) is 0 Å². The summed E-state index contributed by atoms with van der Waals surface area (Å²) in [5.41, 5.74) is 2.62. The molecule has 0 aromatic heterocycles.